The Bertz CT molecular complexity index is 413. The number of aliphatic hydroxyl groups excluding tert-OH is 1. The zero-order valence-electron chi connectivity index (χ0n) is 9.70. The van der Waals surface area contributed by atoms with Gasteiger partial charge in [0.15, 0.2) is 5.78 Å². The van der Waals surface area contributed by atoms with Gasteiger partial charge in [-0.05, 0) is 20.8 Å². The van der Waals surface area contributed by atoms with Gasteiger partial charge in [-0.15, -0.1) is 0 Å². The third kappa shape index (κ3) is 2.38. The van der Waals surface area contributed by atoms with Crippen molar-refractivity contribution < 1.29 is 29.0 Å². The Morgan fingerprint density at radius 2 is 2.12 bits per heavy atom. The number of ether oxygens (including phenoxy) is 2. The van der Waals surface area contributed by atoms with E-state index < -0.39 is 29.3 Å². The molecule has 94 valence electrons. The predicted molar refractivity (Wildman–Crippen MR) is 55.0 cm³/mol. The van der Waals surface area contributed by atoms with Crippen molar-refractivity contribution in [1.82, 2.24) is 5.32 Å². The fourth-order valence-corrected chi connectivity index (χ4v) is 1.57. The van der Waals surface area contributed by atoms with Crippen LogP contribution in [0.15, 0.2) is 11.3 Å². The first kappa shape index (κ1) is 13.0. The van der Waals surface area contributed by atoms with Crippen molar-refractivity contribution in [1.29, 1.82) is 0 Å². The molecule has 0 radical (unpaired) electrons. The number of esters is 1. The number of aliphatic hydroxyl groups is 1. The number of hydrogen-bond donors (Lipinski definition) is 2. The molecule has 0 aromatic rings. The van der Waals surface area contributed by atoms with E-state index in [-0.39, 0.29) is 12.2 Å². The van der Waals surface area contributed by atoms with E-state index >= 15 is 0 Å². The van der Waals surface area contributed by atoms with Gasteiger partial charge in [-0.1, -0.05) is 0 Å². The number of alkyl carbamates (subject to hydrolysis) is 1. The quantitative estimate of drug-likeness (QED) is 0.696. The Balaban J connectivity index is 3.00. The van der Waals surface area contributed by atoms with Gasteiger partial charge in [0.1, 0.15) is 5.57 Å². The van der Waals surface area contributed by atoms with Gasteiger partial charge in [0.25, 0.3) is 0 Å². The number of Topliss-reactive ketones (excluding diaryl/α,β-unsaturated/α-hetero) is 1. The highest BCUT2D eigenvalue weighted by Gasteiger charge is 2.48. The highest BCUT2D eigenvalue weighted by Crippen LogP contribution is 2.30. The maximum Gasteiger partial charge on any atom is 0.410 e. The van der Waals surface area contributed by atoms with Gasteiger partial charge >= 0.3 is 12.1 Å². The van der Waals surface area contributed by atoms with Crippen molar-refractivity contribution in [3.8, 4) is 0 Å². The monoisotopic (exact) mass is 243 g/mol. The zero-order valence-corrected chi connectivity index (χ0v) is 9.70. The van der Waals surface area contributed by atoms with Crippen LogP contribution in [0.5, 0.6) is 0 Å². The molecule has 0 aliphatic carbocycles. The number of nitrogens with one attached hydrogen (secondary N) is 1. The third-order valence-electron chi connectivity index (χ3n) is 2.17. The van der Waals surface area contributed by atoms with E-state index in [4.69, 9.17) is 4.74 Å². The second-order valence-corrected chi connectivity index (χ2v) is 3.55. The van der Waals surface area contributed by atoms with Crippen LogP contribution < -0.4 is 5.32 Å². The fraction of sp³-hybridized carbons (Fsp3) is 0.500. The number of amides is 1. The summed E-state index contributed by atoms with van der Waals surface area (Å²) in [4.78, 5) is 33.7. The third-order valence-corrected chi connectivity index (χ3v) is 2.17. The number of rotatable bonds is 3. The Morgan fingerprint density at radius 3 is 2.59 bits per heavy atom. The molecule has 0 saturated carbocycles. The van der Waals surface area contributed by atoms with Gasteiger partial charge in [-0.2, -0.15) is 0 Å². The zero-order chi connectivity index (χ0) is 13.2. The summed E-state index contributed by atoms with van der Waals surface area (Å²) in [6.45, 7) is 4.16. The van der Waals surface area contributed by atoms with Crippen LogP contribution in [-0.4, -0.2) is 35.3 Å². The number of cyclic esters (lactones) is 1. The average molecular weight is 243 g/mol. The molecule has 0 fully saturated rings. The summed E-state index contributed by atoms with van der Waals surface area (Å²) in [6.07, 6.45) is -0.851. The van der Waals surface area contributed by atoms with Gasteiger partial charge in [0.05, 0.1) is 6.61 Å². The van der Waals surface area contributed by atoms with E-state index in [2.05, 4.69) is 10.1 Å². The Labute approximate surface area is 97.4 Å². The van der Waals surface area contributed by atoms with Gasteiger partial charge < -0.3 is 14.6 Å². The standard InChI is InChI=1S/C10H13NO6/c1-4-16-9(15)11-10(3)6(5(2)12)7(13)8(14)17-10/h13H,4H2,1-3H3,(H,11,15). The maximum absolute atomic E-state index is 11.3. The summed E-state index contributed by atoms with van der Waals surface area (Å²) >= 11 is 0. The lowest BCUT2D eigenvalue weighted by atomic mass is 10.0. The second-order valence-electron chi connectivity index (χ2n) is 3.55. The first-order valence-corrected chi connectivity index (χ1v) is 4.94. The molecule has 17 heavy (non-hydrogen) atoms. The molecule has 0 aromatic carbocycles. The molecular formula is C10H13NO6. The Morgan fingerprint density at radius 1 is 1.53 bits per heavy atom. The van der Waals surface area contributed by atoms with Crippen LogP contribution in [-0.2, 0) is 19.1 Å². The molecule has 1 heterocycles. The molecule has 1 atom stereocenters. The molecule has 1 rings (SSSR count). The molecule has 7 heteroatoms. The summed E-state index contributed by atoms with van der Waals surface area (Å²) in [5, 5.41) is 11.6. The minimum atomic E-state index is -1.70. The van der Waals surface area contributed by atoms with Crippen molar-refractivity contribution >= 4 is 17.8 Å². The second kappa shape index (κ2) is 4.44. The van der Waals surface area contributed by atoms with Crippen molar-refractivity contribution in [3.63, 3.8) is 0 Å². The van der Waals surface area contributed by atoms with Gasteiger partial charge in [0, 0.05) is 0 Å². The maximum atomic E-state index is 11.3. The lowest BCUT2D eigenvalue weighted by molar-refractivity contribution is -0.149. The molecular weight excluding hydrogens is 230 g/mol. The topological polar surface area (TPSA) is 102 Å². The van der Waals surface area contributed by atoms with E-state index in [1.165, 1.54) is 6.92 Å². The van der Waals surface area contributed by atoms with E-state index in [1.54, 1.807) is 6.92 Å². The number of hydrogen-bond acceptors (Lipinski definition) is 6. The summed E-state index contributed by atoms with van der Waals surface area (Å²) in [6, 6.07) is 0. The summed E-state index contributed by atoms with van der Waals surface area (Å²) in [5.41, 5.74) is -1.99. The van der Waals surface area contributed by atoms with Crippen LogP contribution in [0.1, 0.15) is 20.8 Å². The largest absolute Gasteiger partial charge is 0.501 e. The number of ketones is 1. The minimum Gasteiger partial charge on any atom is -0.501 e. The molecule has 0 aromatic heterocycles. The molecule has 0 bridgehead atoms. The van der Waals surface area contributed by atoms with E-state index in [1.807, 2.05) is 0 Å². The van der Waals surface area contributed by atoms with Crippen molar-refractivity contribution in [2.75, 3.05) is 6.61 Å². The van der Waals surface area contributed by atoms with E-state index in [0.717, 1.165) is 6.92 Å². The number of carbonyl (C=O) groups excluding carboxylic acids is 3. The van der Waals surface area contributed by atoms with Gasteiger partial charge in [0.2, 0.25) is 11.5 Å². The van der Waals surface area contributed by atoms with Gasteiger partial charge in [-0.3, -0.25) is 10.1 Å². The smallest absolute Gasteiger partial charge is 0.410 e. The molecule has 1 amide bonds. The first-order valence-electron chi connectivity index (χ1n) is 4.94. The van der Waals surface area contributed by atoms with Crippen LogP contribution in [0.25, 0.3) is 0 Å². The van der Waals surface area contributed by atoms with E-state index in [0.29, 0.717) is 0 Å². The molecule has 2 N–H and O–H groups in total. The highest BCUT2D eigenvalue weighted by atomic mass is 16.6. The normalized spacial score (nSPS) is 23.4. The van der Waals surface area contributed by atoms with Crippen molar-refractivity contribution in [3.05, 3.63) is 11.3 Å². The lowest BCUT2D eigenvalue weighted by Crippen LogP contribution is -2.49. The lowest BCUT2D eigenvalue weighted by Gasteiger charge is -2.25. The molecule has 0 saturated heterocycles. The Kier molecular flexibility index (Phi) is 3.40. The van der Waals surface area contributed by atoms with Gasteiger partial charge in [-0.25, -0.2) is 9.59 Å². The van der Waals surface area contributed by atoms with Crippen LogP contribution in [0.3, 0.4) is 0 Å². The molecule has 1 unspecified atom stereocenters. The highest BCUT2D eigenvalue weighted by molar-refractivity contribution is 6.06. The summed E-state index contributed by atoms with van der Waals surface area (Å²) in [7, 11) is 0. The van der Waals surface area contributed by atoms with Crippen LogP contribution in [0, 0.1) is 0 Å². The summed E-state index contributed by atoms with van der Waals surface area (Å²) < 4.78 is 9.37. The van der Waals surface area contributed by atoms with Crippen LogP contribution in [0.2, 0.25) is 0 Å². The van der Waals surface area contributed by atoms with Crippen molar-refractivity contribution in [2.45, 2.75) is 26.5 Å². The SMILES string of the molecule is CCOC(=O)NC1(C)OC(=O)C(O)=C1C(C)=O. The van der Waals surface area contributed by atoms with Crippen LogP contribution >= 0.6 is 0 Å². The molecule has 0 spiro atoms. The predicted octanol–water partition coefficient (Wildman–Crippen LogP) is 0.407. The molecule has 1 aliphatic heterocycles. The molecule has 1 aliphatic rings. The minimum absolute atomic E-state index is 0.126. The Hall–Kier alpha value is -2.05. The van der Waals surface area contributed by atoms with Crippen LogP contribution in [0.4, 0.5) is 4.79 Å². The first-order chi connectivity index (χ1) is 7.81. The fourth-order valence-electron chi connectivity index (χ4n) is 1.57. The van der Waals surface area contributed by atoms with Crippen molar-refractivity contribution in [2.24, 2.45) is 0 Å². The average Bonchev–Trinajstić information content (AvgIpc) is 2.36. The summed E-state index contributed by atoms with van der Waals surface area (Å²) in [5.74, 6) is -2.43. The van der Waals surface area contributed by atoms with E-state index in [9.17, 15) is 19.5 Å². The number of carbonyl (C=O) groups is 3. The molecule has 7 nitrogen and oxygen atoms in total.